The maximum absolute atomic E-state index is 13.0. The van der Waals surface area contributed by atoms with E-state index in [0.717, 1.165) is 77.0 Å². The van der Waals surface area contributed by atoms with Gasteiger partial charge in [0.05, 0.1) is 32.0 Å². The van der Waals surface area contributed by atoms with Crippen LogP contribution in [0.25, 0.3) is 0 Å². The first kappa shape index (κ1) is 47.6. The molecule has 0 aromatic rings. The SMILES string of the molecule is CCCC/C=C\C/C=C\CCCCCCCC(=O)NC(COC1OC(CO)C(OC2OC(CO)C(O)C(O)C2O)C(O)C1O)C(O)CCCCCCC. The fourth-order valence-electron chi connectivity index (χ4n) is 6.48. The Hall–Kier alpha value is -1.53. The molecular formula is C39H71NO13. The Bertz CT molecular complexity index is 998. The van der Waals surface area contributed by atoms with Crippen LogP contribution in [0.3, 0.4) is 0 Å². The summed E-state index contributed by atoms with van der Waals surface area (Å²) in [5.41, 5.74) is 0. The third-order valence-electron chi connectivity index (χ3n) is 9.92. The smallest absolute Gasteiger partial charge is 0.220 e. The van der Waals surface area contributed by atoms with Crippen LogP contribution in [0.4, 0.5) is 0 Å². The molecule has 310 valence electrons. The first-order chi connectivity index (χ1) is 25.6. The Labute approximate surface area is 316 Å². The van der Waals surface area contributed by atoms with Crippen LogP contribution >= 0.6 is 0 Å². The number of aliphatic hydroxyl groups excluding tert-OH is 8. The standard InChI is InChI=1S/C39H71NO13/c1-3-5-7-9-10-11-12-13-14-15-16-17-19-21-23-31(44)40-27(28(43)22-20-18-8-6-4-2)26-50-38-36(49)34(47)37(30(25-42)52-38)53-39-35(48)33(46)32(45)29(24-41)51-39/h9-10,12-13,27-30,32-39,41-43,45-49H,3-8,11,14-26H2,1-2H3,(H,40,44)/b10-9-,13-12-. The normalized spacial score (nSPS) is 30.6. The summed E-state index contributed by atoms with van der Waals surface area (Å²) in [7, 11) is 0. The molecule has 0 bridgehead atoms. The fourth-order valence-corrected chi connectivity index (χ4v) is 6.48. The number of nitrogens with one attached hydrogen (secondary N) is 1. The zero-order valence-corrected chi connectivity index (χ0v) is 32.0. The molecule has 9 N–H and O–H groups in total. The van der Waals surface area contributed by atoms with Gasteiger partial charge in [-0.2, -0.15) is 0 Å². The van der Waals surface area contributed by atoms with E-state index in [2.05, 4.69) is 43.5 Å². The summed E-state index contributed by atoms with van der Waals surface area (Å²) in [5, 5.41) is 85.9. The lowest BCUT2D eigenvalue weighted by Crippen LogP contribution is -2.65. The molecule has 0 spiro atoms. The molecule has 14 nitrogen and oxygen atoms in total. The second-order valence-electron chi connectivity index (χ2n) is 14.4. The van der Waals surface area contributed by atoms with Crippen LogP contribution in [-0.2, 0) is 23.7 Å². The van der Waals surface area contributed by atoms with Crippen LogP contribution in [-0.4, -0.2) is 140 Å². The summed E-state index contributed by atoms with van der Waals surface area (Å²) in [6.45, 7) is 2.65. The molecular weight excluding hydrogens is 690 g/mol. The molecule has 14 heteroatoms. The van der Waals surface area contributed by atoms with E-state index in [1.54, 1.807) is 0 Å². The first-order valence-corrected chi connectivity index (χ1v) is 20.1. The van der Waals surface area contributed by atoms with Gasteiger partial charge in [-0.3, -0.25) is 4.79 Å². The van der Waals surface area contributed by atoms with Gasteiger partial charge < -0.3 is 65.1 Å². The van der Waals surface area contributed by atoms with Crippen molar-refractivity contribution in [2.45, 2.75) is 197 Å². The van der Waals surface area contributed by atoms with E-state index in [0.29, 0.717) is 12.8 Å². The van der Waals surface area contributed by atoms with Crippen LogP contribution in [0.15, 0.2) is 24.3 Å². The average molecular weight is 762 g/mol. The van der Waals surface area contributed by atoms with Crippen molar-refractivity contribution in [1.82, 2.24) is 5.32 Å². The Morgan fingerprint density at radius 1 is 0.679 bits per heavy atom. The molecule has 53 heavy (non-hydrogen) atoms. The summed E-state index contributed by atoms with van der Waals surface area (Å²) in [6, 6.07) is -0.828. The highest BCUT2D eigenvalue weighted by molar-refractivity contribution is 5.76. The molecule has 2 rings (SSSR count). The Balaban J connectivity index is 1.88. The molecule has 12 unspecified atom stereocenters. The predicted octanol–water partition coefficient (Wildman–Crippen LogP) is 2.26. The lowest BCUT2D eigenvalue weighted by molar-refractivity contribution is -0.359. The maximum Gasteiger partial charge on any atom is 0.220 e. The minimum atomic E-state index is -1.78. The van der Waals surface area contributed by atoms with Crippen molar-refractivity contribution in [2.24, 2.45) is 0 Å². The topological polar surface area (TPSA) is 228 Å². The third-order valence-corrected chi connectivity index (χ3v) is 9.92. The molecule has 2 aliphatic rings. The van der Waals surface area contributed by atoms with Gasteiger partial charge in [0.25, 0.3) is 0 Å². The third kappa shape index (κ3) is 17.4. The second kappa shape index (κ2) is 28.0. The van der Waals surface area contributed by atoms with Gasteiger partial charge in [0, 0.05) is 6.42 Å². The van der Waals surface area contributed by atoms with E-state index in [1.807, 2.05) is 0 Å². The zero-order valence-electron chi connectivity index (χ0n) is 32.0. The highest BCUT2D eigenvalue weighted by Crippen LogP contribution is 2.30. The number of hydrogen-bond acceptors (Lipinski definition) is 13. The van der Waals surface area contributed by atoms with Crippen molar-refractivity contribution in [2.75, 3.05) is 19.8 Å². The van der Waals surface area contributed by atoms with Crippen molar-refractivity contribution < 1.29 is 64.6 Å². The number of carbonyl (C=O) groups excluding carboxylic acids is 1. The van der Waals surface area contributed by atoms with Gasteiger partial charge in [-0.05, 0) is 38.5 Å². The molecule has 2 saturated heterocycles. The number of hydrogen-bond donors (Lipinski definition) is 9. The van der Waals surface area contributed by atoms with Gasteiger partial charge in [0.15, 0.2) is 12.6 Å². The minimum absolute atomic E-state index is 0.232. The summed E-state index contributed by atoms with van der Waals surface area (Å²) in [4.78, 5) is 13.0. The number of amides is 1. The van der Waals surface area contributed by atoms with E-state index >= 15 is 0 Å². The van der Waals surface area contributed by atoms with Crippen LogP contribution in [0.1, 0.15) is 123 Å². The second-order valence-corrected chi connectivity index (χ2v) is 14.4. The van der Waals surface area contributed by atoms with Crippen LogP contribution in [0.2, 0.25) is 0 Å². The molecule has 2 fully saturated rings. The number of rotatable bonds is 28. The molecule has 0 saturated carbocycles. The monoisotopic (exact) mass is 761 g/mol. The summed E-state index contributed by atoms with van der Waals surface area (Å²) >= 11 is 0. The van der Waals surface area contributed by atoms with Crippen molar-refractivity contribution in [1.29, 1.82) is 0 Å². The van der Waals surface area contributed by atoms with Gasteiger partial charge >= 0.3 is 0 Å². The van der Waals surface area contributed by atoms with Crippen LogP contribution in [0, 0.1) is 0 Å². The highest BCUT2D eigenvalue weighted by Gasteiger charge is 2.50. The number of ether oxygens (including phenoxy) is 4. The van der Waals surface area contributed by atoms with E-state index in [9.17, 15) is 45.6 Å². The lowest BCUT2D eigenvalue weighted by atomic mass is 9.97. The van der Waals surface area contributed by atoms with Gasteiger partial charge in [0.1, 0.15) is 48.8 Å². The first-order valence-electron chi connectivity index (χ1n) is 20.1. The Morgan fingerprint density at radius 2 is 1.26 bits per heavy atom. The molecule has 0 radical (unpaired) electrons. The van der Waals surface area contributed by atoms with E-state index in [-0.39, 0.29) is 18.9 Å². The molecule has 12 atom stereocenters. The van der Waals surface area contributed by atoms with Crippen LogP contribution < -0.4 is 5.32 Å². The van der Waals surface area contributed by atoms with Gasteiger partial charge in [-0.15, -0.1) is 0 Å². The summed E-state index contributed by atoms with van der Waals surface area (Å²) in [6.07, 6.45) is 8.24. The van der Waals surface area contributed by atoms with E-state index in [1.165, 1.54) is 12.8 Å². The molecule has 1 amide bonds. The van der Waals surface area contributed by atoms with E-state index in [4.69, 9.17) is 18.9 Å². The number of carbonyl (C=O) groups is 1. The Morgan fingerprint density at radius 3 is 1.94 bits per heavy atom. The Kier molecular flexibility index (Phi) is 25.1. The zero-order chi connectivity index (χ0) is 39.0. The predicted molar refractivity (Wildman–Crippen MR) is 198 cm³/mol. The van der Waals surface area contributed by atoms with Crippen molar-refractivity contribution >= 4 is 5.91 Å². The minimum Gasteiger partial charge on any atom is -0.394 e. The van der Waals surface area contributed by atoms with Crippen molar-refractivity contribution in [3.63, 3.8) is 0 Å². The fraction of sp³-hybridized carbons (Fsp3) is 0.872. The average Bonchev–Trinajstić information content (AvgIpc) is 3.15. The van der Waals surface area contributed by atoms with Gasteiger partial charge in [0.2, 0.25) is 5.91 Å². The van der Waals surface area contributed by atoms with E-state index < -0.39 is 86.8 Å². The van der Waals surface area contributed by atoms with Gasteiger partial charge in [-0.25, -0.2) is 0 Å². The maximum atomic E-state index is 13.0. The number of aliphatic hydroxyl groups is 8. The lowest BCUT2D eigenvalue weighted by Gasteiger charge is -2.46. The molecule has 0 aromatic heterocycles. The molecule has 2 heterocycles. The quantitative estimate of drug-likeness (QED) is 0.0413. The summed E-state index contributed by atoms with van der Waals surface area (Å²) in [5.74, 6) is -0.232. The molecule has 2 aliphatic heterocycles. The highest BCUT2D eigenvalue weighted by atomic mass is 16.7. The molecule has 0 aliphatic carbocycles. The van der Waals surface area contributed by atoms with Crippen molar-refractivity contribution in [3.8, 4) is 0 Å². The summed E-state index contributed by atoms with van der Waals surface area (Å²) < 4.78 is 22.5. The molecule has 0 aromatic carbocycles. The number of unbranched alkanes of at least 4 members (excludes halogenated alkanes) is 11. The largest absolute Gasteiger partial charge is 0.394 e. The van der Waals surface area contributed by atoms with Crippen LogP contribution in [0.5, 0.6) is 0 Å². The van der Waals surface area contributed by atoms with Crippen molar-refractivity contribution in [3.05, 3.63) is 24.3 Å². The van der Waals surface area contributed by atoms with Gasteiger partial charge in [-0.1, -0.05) is 102 Å². The number of allylic oxidation sites excluding steroid dienone is 4.